The summed E-state index contributed by atoms with van der Waals surface area (Å²) >= 11 is 0. The Morgan fingerprint density at radius 1 is 1.42 bits per heavy atom. The van der Waals surface area contributed by atoms with E-state index in [2.05, 4.69) is 9.97 Å². The third-order valence-electron chi connectivity index (χ3n) is 1.90. The van der Waals surface area contributed by atoms with Gasteiger partial charge in [-0.3, -0.25) is 9.55 Å². The highest BCUT2D eigenvalue weighted by molar-refractivity contribution is 5.31. The molecule has 2 rings (SSSR count). The van der Waals surface area contributed by atoms with E-state index in [0.29, 0.717) is 12.5 Å². The Morgan fingerprint density at radius 3 is 2.92 bits per heavy atom. The number of nitrogens with zero attached hydrogens (tertiary/aromatic N) is 3. The van der Waals surface area contributed by atoms with Gasteiger partial charge in [-0.2, -0.15) is 4.98 Å². The smallest absolute Gasteiger partial charge is 0.343 e. The van der Waals surface area contributed by atoms with Crippen LogP contribution in [0.2, 0.25) is 0 Å². The summed E-state index contributed by atoms with van der Waals surface area (Å²) in [6, 6.07) is 0. The molecule has 2 heterocycles. The minimum absolute atomic E-state index is 0.380. The summed E-state index contributed by atoms with van der Waals surface area (Å²) in [6.45, 7) is 1.31. The molecule has 6 heteroatoms. The van der Waals surface area contributed by atoms with Crippen molar-refractivity contribution in [2.75, 3.05) is 18.5 Å². The highest BCUT2D eigenvalue weighted by Crippen LogP contribution is 2.09. The summed E-state index contributed by atoms with van der Waals surface area (Å²) in [6.07, 6.45) is 0. The molecule has 0 atom stereocenters. The first kappa shape index (κ1) is 7.08. The van der Waals surface area contributed by atoms with E-state index in [1.54, 1.807) is 11.9 Å². The first-order chi connectivity index (χ1) is 5.68. The van der Waals surface area contributed by atoms with Gasteiger partial charge in [-0.1, -0.05) is 0 Å². The summed E-state index contributed by atoms with van der Waals surface area (Å²) in [5.74, 6) is 0.448. The average molecular weight is 168 g/mol. The standard InChI is InChI=1S/C6H8N4O2/c1-9-2-3-10-5(9)7-4(11)8-6(10)12/h2-3H2,1H3,(H,8,11,12). The fraction of sp³-hybridized carbons (Fsp3) is 0.500. The molecule has 0 aliphatic carbocycles. The van der Waals surface area contributed by atoms with Crippen molar-refractivity contribution < 1.29 is 0 Å². The molecule has 1 aromatic heterocycles. The molecule has 1 aromatic rings. The highest BCUT2D eigenvalue weighted by atomic mass is 16.2. The van der Waals surface area contributed by atoms with Crippen molar-refractivity contribution in [3.8, 4) is 0 Å². The molecule has 0 fully saturated rings. The van der Waals surface area contributed by atoms with E-state index in [4.69, 9.17) is 0 Å². The largest absolute Gasteiger partial charge is 0.352 e. The van der Waals surface area contributed by atoms with Gasteiger partial charge in [0.25, 0.3) is 0 Å². The number of H-pyrrole nitrogens is 1. The highest BCUT2D eigenvalue weighted by Gasteiger charge is 2.18. The van der Waals surface area contributed by atoms with Crippen LogP contribution in [0.15, 0.2) is 9.59 Å². The van der Waals surface area contributed by atoms with Crippen LogP contribution in [-0.4, -0.2) is 28.1 Å². The number of hydrogen-bond acceptors (Lipinski definition) is 4. The van der Waals surface area contributed by atoms with Gasteiger partial charge in [-0.15, -0.1) is 0 Å². The quantitative estimate of drug-likeness (QED) is 0.505. The van der Waals surface area contributed by atoms with Crippen LogP contribution in [0.3, 0.4) is 0 Å². The van der Waals surface area contributed by atoms with E-state index in [1.807, 2.05) is 0 Å². The van der Waals surface area contributed by atoms with Crippen LogP contribution in [-0.2, 0) is 6.54 Å². The summed E-state index contributed by atoms with van der Waals surface area (Å²) in [7, 11) is 1.80. The SMILES string of the molecule is CN1CCn2c1nc(=O)[nH]c2=O. The molecular weight excluding hydrogens is 160 g/mol. The summed E-state index contributed by atoms with van der Waals surface area (Å²) < 4.78 is 1.45. The van der Waals surface area contributed by atoms with Gasteiger partial charge in [0.15, 0.2) is 0 Å². The van der Waals surface area contributed by atoms with Crippen molar-refractivity contribution in [1.82, 2.24) is 14.5 Å². The molecule has 1 aliphatic heterocycles. The summed E-state index contributed by atoms with van der Waals surface area (Å²) in [4.78, 5) is 29.5. The number of likely N-dealkylation sites (N-methyl/N-ethyl adjacent to an activating group) is 1. The minimum Gasteiger partial charge on any atom is -0.343 e. The van der Waals surface area contributed by atoms with Gasteiger partial charge in [0.2, 0.25) is 5.95 Å². The molecule has 0 spiro atoms. The van der Waals surface area contributed by atoms with E-state index in [0.717, 1.165) is 6.54 Å². The lowest BCUT2D eigenvalue weighted by Crippen LogP contribution is -2.31. The Morgan fingerprint density at radius 2 is 2.17 bits per heavy atom. The van der Waals surface area contributed by atoms with Crippen molar-refractivity contribution in [1.29, 1.82) is 0 Å². The fourth-order valence-corrected chi connectivity index (χ4v) is 1.27. The molecule has 64 valence electrons. The van der Waals surface area contributed by atoms with E-state index >= 15 is 0 Å². The molecule has 1 aliphatic rings. The average Bonchev–Trinajstić information content (AvgIpc) is 2.33. The van der Waals surface area contributed by atoms with Gasteiger partial charge in [0.1, 0.15) is 0 Å². The van der Waals surface area contributed by atoms with Gasteiger partial charge in [-0.05, 0) is 0 Å². The minimum atomic E-state index is -0.583. The molecule has 0 bridgehead atoms. The van der Waals surface area contributed by atoms with E-state index in [-0.39, 0.29) is 5.69 Å². The Kier molecular flexibility index (Phi) is 1.30. The number of rotatable bonds is 0. The maximum atomic E-state index is 11.1. The van der Waals surface area contributed by atoms with Gasteiger partial charge >= 0.3 is 11.4 Å². The first-order valence-corrected chi connectivity index (χ1v) is 3.61. The molecule has 0 radical (unpaired) electrons. The van der Waals surface area contributed by atoms with Crippen LogP contribution in [0.25, 0.3) is 0 Å². The molecule has 0 saturated heterocycles. The lowest BCUT2D eigenvalue weighted by molar-refractivity contribution is 0.715. The molecule has 6 nitrogen and oxygen atoms in total. The number of nitrogens with one attached hydrogen (secondary N) is 1. The Balaban J connectivity index is 2.77. The maximum Gasteiger partial charge on any atom is 0.352 e. The van der Waals surface area contributed by atoms with Crippen molar-refractivity contribution >= 4 is 5.95 Å². The zero-order valence-corrected chi connectivity index (χ0v) is 6.57. The van der Waals surface area contributed by atoms with Crippen LogP contribution in [0.4, 0.5) is 5.95 Å². The first-order valence-electron chi connectivity index (χ1n) is 3.61. The zero-order valence-electron chi connectivity index (χ0n) is 6.57. The Labute approximate surface area is 67.5 Å². The monoisotopic (exact) mass is 168 g/mol. The Hall–Kier alpha value is -1.59. The number of aromatic amines is 1. The number of aromatic nitrogens is 3. The van der Waals surface area contributed by atoms with Gasteiger partial charge in [0, 0.05) is 20.1 Å². The second-order valence-electron chi connectivity index (χ2n) is 2.72. The fourth-order valence-electron chi connectivity index (χ4n) is 1.27. The summed E-state index contributed by atoms with van der Waals surface area (Å²) in [5, 5.41) is 0. The van der Waals surface area contributed by atoms with Crippen molar-refractivity contribution in [2.24, 2.45) is 0 Å². The molecule has 0 amide bonds. The Bertz CT molecular complexity index is 418. The van der Waals surface area contributed by atoms with E-state index in [1.165, 1.54) is 4.57 Å². The zero-order chi connectivity index (χ0) is 8.72. The van der Waals surface area contributed by atoms with Crippen LogP contribution < -0.4 is 16.3 Å². The molecular formula is C6H8N4O2. The molecule has 0 saturated carbocycles. The second kappa shape index (κ2) is 2.20. The number of hydrogen-bond donors (Lipinski definition) is 1. The van der Waals surface area contributed by atoms with Crippen LogP contribution in [0, 0.1) is 0 Å². The lowest BCUT2D eigenvalue weighted by atomic mass is 10.6. The third-order valence-corrected chi connectivity index (χ3v) is 1.90. The normalized spacial score (nSPS) is 14.9. The predicted molar refractivity (Wildman–Crippen MR) is 42.4 cm³/mol. The number of anilines is 1. The van der Waals surface area contributed by atoms with Crippen molar-refractivity contribution in [3.05, 3.63) is 21.0 Å². The van der Waals surface area contributed by atoms with Gasteiger partial charge in [-0.25, -0.2) is 9.59 Å². The van der Waals surface area contributed by atoms with Gasteiger partial charge in [0.05, 0.1) is 0 Å². The van der Waals surface area contributed by atoms with Crippen molar-refractivity contribution in [3.63, 3.8) is 0 Å². The molecule has 0 unspecified atom stereocenters. The predicted octanol–water partition coefficient (Wildman–Crippen LogP) is -1.62. The summed E-state index contributed by atoms with van der Waals surface area (Å²) in [5.41, 5.74) is -0.964. The number of fused-ring (bicyclic) bond motifs is 1. The molecule has 12 heavy (non-hydrogen) atoms. The van der Waals surface area contributed by atoms with Crippen LogP contribution in [0.1, 0.15) is 0 Å². The maximum absolute atomic E-state index is 11.1. The second-order valence-corrected chi connectivity index (χ2v) is 2.72. The van der Waals surface area contributed by atoms with E-state index in [9.17, 15) is 9.59 Å². The lowest BCUT2D eigenvalue weighted by Gasteiger charge is -2.06. The topological polar surface area (TPSA) is 71.0 Å². The third kappa shape index (κ3) is 0.843. The molecule has 1 N–H and O–H groups in total. The van der Waals surface area contributed by atoms with Crippen LogP contribution in [0.5, 0.6) is 0 Å². The van der Waals surface area contributed by atoms with Crippen LogP contribution >= 0.6 is 0 Å². The molecule has 0 aromatic carbocycles. The van der Waals surface area contributed by atoms with Gasteiger partial charge < -0.3 is 4.90 Å². The van der Waals surface area contributed by atoms with E-state index < -0.39 is 5.69 Å². The van der Waals surface area contributed by atoms with Crippen molar-refractivity contribution in [2.45, 2.75) is 6.54 Å².